The maximum Gasteiger partial charge on any atom is 0.0341 e. The fourth-order valence-corrected chi connectivity index (χ4v) is 0.542. The Labute approximate surface area is 63.0 Å². The van der Waals surface area contributed by atoms with Crippen LogP contribution in [0.15, 0.2) is 17.4 Å². The van der Waals surface area contributed by atoms with Crippen LogP contribution < -0.4 is 5.43 Å². The third-order valence-electron chi connectivity index (χ3n) is 1.06. The Hall–Kier alpha value is -0.790. The van der Waals surface area contributed by atoms with Crippen LogP contribution in [0.2, 0.25) is 0 Å². The van der Waals surface area contributed by atoms with E-state index in [-0.39, 0.29) is 5.41 Å². The molecule has 0 aromatic heterocycles. The van der Waals surface area contributed by atoms with E-state index in [9.17, 15) is 0 Å². The summed E-state index contributed by atoms with van der Waals surface area (Å²) in [6.07, 6.45) is 5.80. The zero-order chi connectivity index (χ0) is 8.04. The topological polar surface area (TPSA) is 24.4 Å². The van der Waals surface area contributed by atoms with Crippen LogP contribution in [0.3, 0.4) is 0 Å². The summed E-state index contributed by atoms with van der Waals surface area (Å²) in [7, 11) is 0. The van der Waals surface area contributed by atoms with E-state index in [1.807, 2.05) is 26.3 Å². The molecule has 1 heterocycles. The molecule has 2 heteroatoms. The summed E-state index contributed by atoms with van der Waals surface area (Å²) in [5.41, 5.74) is 2.87. The van der Waals surface area contributed by atoms with Crippen molar-refractivity contribution in [3.8, 4) is 0 Å². The van der Waals surface area contributed by atoms with E-state index in [4.69, 9.17) is 0 Å². The molecule has 1 aliphatic rings. The van der Waals surface area contributed by atoms with Crippen LogP contribution in [0.1, 0.15) is 27.7 Å². The van der Waals surface area contributed by atoms with Crippen molar-refractivity contribution in [2.24, 2.45) is 10.5 Å². The van der Waals surface area contributed by atoms with Crippen molar-refractivity contribution < 1.29 is 0 Å². The number of allylic oxidation sites excluding steroid dienone is 1. The SMILES string of the molecule is CC.CC1(C)C=CNN=C1. The van der Waals surface area contributed by atoms with Gasteiger partial charge in [-0.1, -0.05) is 33.8 Å². The van der Waals surface area contributed by atoms with E-state index in [1.165, 1.54) is 0 Å². The number of hydrogen-bond acceptors (Lipinski definition) is 2. The fraction of sp³-hybridized carbons (Fsp3) is 0.625. The first-order valence-corrected chi connectivity index (χ1v) is 3.68. The van der Waals surface area contributed by atoms with Gasteiger partial charge in [0.1, 0.15) is 0 Å². The van der Waals surface area contributed by atoms with Gasteiger partial charge in [0.25, 0.3) is 0 Å². The lowest BCUT2D eigenvalue weighted by Crippen LogP contribution is -2.16. The van der Waals surface area contributed by atoms with E-state index < -0.39 is 0 Å². The number of nitrogens with zero attached hydrogens (tertiary/aromatic N) is 1. The molecule has 0 radical (unpaired) electrons. The van der Waals surface area contributed by atoms with Crippen LogP contribution in [0.25, 0.3) is 0 Å². The smallest absolute Gasteiger partial charge is 0.0341 e. The third kappa shape index (κ3) is 3.28. The zero-order valence-corrected chi connectivity index (χ0v) is 7.18. The predicted molar refractivity (Wildman–Crippen MR) is 45.9 cm³/mol. The highest BCUT2D eigenvalue weighted by Crippen LogP contribution is 2.14. The van der Waals surface area contributed by atoms with Gasteiger partial charge in [-0.05, 0) is 0 Å². The molecule has 0 aromatic rings. The summed E-state index contributed by atoms with van der Waals surface area (Å²) < 4.78 is 0. The molecule has 0 amide bonds. The molecule has 10 heavy (non-hydrogen) atoms. The highest BCUT2D eigenvalue weighted by molar-refractivity contribution is 5.68. The van der Waals surface area contributed by atoms with Crippen molar-refractivity contribution in [3.05, 3.63) is 12.3 Å². The van der Waals surface area contributed by atoms with Gasteiger partial charge in [-0.25, -0.2) is 0 Å². The molecule has 2 nitrogen and oxygen atoms in total. The van der Waals surface area contributed by atoms with Crippen molar-refractivity contribution in [1.82, 2.24) is 5.43 Å². The molecule has 0 unspecified atom stereocenters. The lowest BCUT2D eigenvalue weighted by Gasteiger charge is -2.15. The summed E-state index contributed by atoms with van der Waals surface area (Å²) in [5.74, 6) is 0. The second-order valence-corrected chi connectivity index (χ2v) is 2.54. The molecule has 0 aliphatic carbocycles. The molecular formula is C8H16N2. The molecule has 1 rings (SSSR count). The van der Waals surface area contributed by atoms with Gasteiger partial charge in [0.15, 0.2) is 0 Å². The third-order valence-corrected chi connectivity index (χ3v) is 1.06. The van der Waals surface area contributed by atoms with Gasteiger partial charge in [-0.3, -0.25) is 5.43 Å². The first-order chi connectivity index (χ1) is 4.71. The van der Waals surface area contributed by atoms with Crippen LogP contribution >= 0.6 is 0 Å². The van der Waals surface area contributed by atoms with Crippen LogP contribution in [0.5, 0.6) is 0 Å². The minimum absolute atomic E-state index is 0.144. The van der Waals surface area contributed by atoms with Gasteiger partial charge in [0.05, 0.1) is 0 Å². The van der Waals surface area contributed by atoms with Crippen molar-refractivity contribution in [2.45, 2.75) is 27.7 Å². The summed E-state index contributed by atoms with van der Waals surface area (Å²) in [5, 5.41) is 3.87. The van der Waals surface area contributed by atoms with Crippen molar-refractivity contribution in [3.63, 3.8) is 0 Å². The van der Waals surface area contributed by atoms with E-state index in [2.05, 4.69) is 30.5 Å². The second kappa shape index (κ2) is 4.09. The standard InChI is InChI=1S/C6H10N2.C2H6/c1-6(2)3-4-7-8-5-6;1-2/h3-5,7H,1-2H3;1-2H3. The summed E-state index contributed by atoms with van der Waals surface area (Å²) >= 11 is 0. The molecule has 0 aromatic carbocycles. The first kappa shape index (κ1) is 9.21. The Balaban J connectivity index is 0.000000371. The van der Waals surface area contributed by atoms with E-state index in [0.29, 0.717) is 0 Å². The highest BCUT2D eigenvalue weighted by Gasteiger charge is 2.10. The van der Waals surface area contributed by atoms with Crippen LogP contribution in [-0.4, -0.2) is 6.21 Å². The molecule has 0 saturated carbocycles. The van der Waals surface area contributed by atoms with Gasteiger partial charge in [-0.2, -0.15) is 5.10 Å². The minimum atomic E-state index is 0.144. The minimum Gasteiger partial charge on any atom is -0.286 e. The average Bonchev–Trinajstić information content (AvgIpc) is 1.92. The number of hydrogen-bond donors (Lipinski definition) is 1. The van der Waals surface area contributed by atoms with E-state index in [0.717, 1.165) is 0 Å². The molecule has 0 atom stereocenters. The largest absolute Gasteiger partial charge is 0.286 e. The molecule has 1 aliphatic heterocycles. The molecule has 1 N–H and O–H groups in total. The van der Waals surface area contributed by atoms with Crippen molar-refractivity contribution >= 4 is 6.21 Å². The molecular weight excluding hydrogens is 124 g/mol. The maximum absolute atomic E-state index is 3.87. The quantitative estimate of drug-likeness (QED) is 0.547. The summed E-state index contributed by atoms with van der Waals surface area (Å²) in [4.78, 5) is 0. The molecule has 58 valence electrons. The Bertz CT molecular complexity index is 120. The number of nitrogens with one attached hydrogen (secondary N) is 1. The van der Waals surface area contributed by atoms with E-state index >= 15 is 0 Å². The van der Waals surface area contributed by atoms with Gasteiger partial charge < -0.3 is 0 Å². The second-order valence-electron chi connectivity index (χ2n) is 2.54. The van der Waals surface area contributed by atoms with Gasteiger partial charge in [0.2, 0.25) is 0 Å². The lowest BCUT2D eigenvalue weighted by molar-refractivity contribution is 0.661. The van der Waals surface area contributed by atoms with Crippen molar-refractivity contribution in [2.75, 3.05) is 0 Å². The molecule has 0 saturated heterocycles. The molecule has 0 spiro atoms. The van der Waals surface area contributed by atoms with Crippen LogP contribution in [0.4, 0.5) is 0 Å². The fourth-order valence-electron chi connectivity index (χ4n) is 0.542. The zero-order valence-electron chi connectivity index (χ0n) is 7.18. The molecule has 0 bridgehead atoms. The summed E-state index contributed by atoms with van der Waals surface area (Å²) in [6.45, 7) is 8.21. The Morgan fingerprint density at radius 1 is 1.30 bits per heavy atom. The summed E-state index contributed by atoms with van der Waals surface area (Å²) in [6, 6.07) is 0. The normalized spacial score (nSPS) is 18.8. The van der Waals surface area contributed by atoms with Gasteiger partial charge >= 0.3 is 0 Å². The number of hydrazone groups is 1. The lowest BCUT2D eigenvalue weighted by atomic mass is 9.95. The number of rotatable bonds is 0. The van der Waals surface area contributed by atoms with Crippen LogP contribution in [-0.2, 0) is 0 Å². The average molecular weight is 140 g/mol. The van der Waals surface area contributed by atoms with Crippen LogP contribution in [0, 0.1) is 5.41 Å². The highest BCUT2D eigenvalue weighted by atomic mass is 15.3. The van der Waals surface area contributed by atoms with E-state index in [1.54, 1.807) is 0 Å². The molecule has 0 fully saturated rings. The Morgan fingerprint density at radius 3 is 2.10 bits per heavy atom. The first-order valence-electron chi connectivity index (χ1n) is 3.68. The predicted octanol–water partition coefficient (Wildman–Crippen LogP) is 2.14. The monoisotopic (exact) mass is 140 g/mol. The van der Waals surface area contributed by atoms with Crippen molar-refractivity contribution in [1.29, 1.82) is 0 Å². The Morgan fingerprint density at radius 2 is 1.90 bits per heavy atom. The van der Waals surface area contributed by atoms with Gasteiger partial charge in [-0.15, -0.1) is 0 Å². The Kier molecular flexibility index (Phi) is 3.77. The maximum atomic E-state index is 3.87. The van der Waals surface area contributed by atoms with Gasteiger partial charge in [0, 0.05) is 17.8 Å².